The molecular weight excluding hydrogens is 276 g/mol. The number of hydrogen-bond acceptors (Lipinski definition) is 4. The van der Waals surface area contributed by atoms with E-state index in [2.05, 4.69) is 16.9 Å². The maximum absolute atomic E-state index is 6.04. The highest BCUT2D eigenvalue weighted by Crippen LogP contribution is 2.36. The van der Waals surface area contributed by atoms with Crippen molar-refractivity contribution in [3.05, 3.63) is 36.3 Å². The third-order valence-corrected chi connectivity index (χ3v) is 3.67. The molecule has 3 rings (SSSR count). The molecule has 2 N–H and O–H groups in total. The molecule has 0 amide bonds. The fourth-order valence-corrected chi connectivity index (χ4v) is 2.50. The normalized spacial score (nSPS) is 10.2. The number of nitrogens with two attached hydrogens (primary N) is 1. The molecule has 2 heterocycles. The smallest absolute Gasteiger partial charge is 0.146 e. The minimum atomic E-state index is 0.504. The van der Waals surface area contributed by atoms with Crippen LogP contribution in [0.3, 0.4) is 0 Å². The molecule has 0 radical (unpaired) electrons. The summed E-state index contributed by atoms with van der Waals surface area (Å²) in [4.78, 5) is 8.44. The molecule has 5 heteroatoms. The maximum Gasteiger partial charge on any atom is 0.146 e. The van der Waals surface area contributed by atoms with Gasteiger partial charge in [-0.25, -0.2) is 9.97 Å². The van der Waals surface area contributed by atoms with Crippen molar-refractivity contribution in [1.82, 2.24) is 14.5 Å². The van der Waals surface area contributed by atoms with Gasteiger partial charge in [0.2, 0.25) is 0 Å². The van der Waals surface area contributed by atoms with Gasteiger partial charge in [0.1, 0.15) is 23.5 Å². The van der Waals surface area contributed by atoms with E-state index in [-0.39, 0.29) is 0 Å². The molecule has 116 valence electrons. The number of fused-ring (bicyclic) bond motifs is 1. The number of anilines is 1. The molecule has 2 aromatic heterocycles. The van der Waals surface area contributed by atoms with Crippen LogP contribution in [0.2, 0.25) is 0 Å². The van der Waals surface area contributed by atoms with Crippen LogP contribution in [0.5, 0.6) is 5.75 Å². The third-order valence-electron chi connectivity index (χ3n) is 3.67. The summed E-state index contributed by atoms with van der Waals surface area (Å²) in [5.74, 6) is 1.33. The van der Waals surface area contributed by atoms with Crippen LogP contribution in [0.4, 0.5) is 5.82 Å². The van der Waals surface area contributed by atoms with Gasteiger partial charge in [0.25, 0.3) is 0 Å². The Balaban J connectivity index is 0.000000847. The monoisotopic (exact) mass is 298 g/mol. The van der Waals surface area contributed by atoms with Crippen LogP contribution in [0, 0.1) is 6.92 Å². The van der Waals surface area contributed by atoms with E-state index in [9.17, 15) is 0 Å². The number of aryl methyl sites for hydroxylation is 1. The first-order valence-electron chi connectivity index (χ1n) is 7.33. The van der Waals surface area contributed by atoms with E-state index in [1.165, 1.54) is 6.33 Å². The first-order valence-corrected chi connectivity index (χ1v) is 7.33. The highest BCUT2D eigenvalue weighted by Gasteiger charge is 2.17. The largest absolute Gasteiger partial charge is 0.497 e. The van der Waals surface area contributed by atoms with E-state index in [0.717, 1.165) is 33.6 Å². The minimum Gasteiger partial charge on any atom is -0.497 e. The summed E-state index contributed by atoms with van der Waals surface area (Å²) in [6.07, 6.45) is 1.49. The zero-order valence-electron chi connectivity index (χ0n) is 13.7. The number of hydrogen-bond donors (Lipinski definition) is 1. The van der Waals surface area contributed by atoms with Gasteiger partial charge >= 0.3 is 0 Å². The highest BCUT2D eigenvalue weighted by molar-refractivity contribution is 6.02. The van der Waals surface area contributed by atoms with Gasteiger partial charge in [-0.15, -0.1) is 0 Å². The van der Waals surface area contributed by atoms with Crippen molar-refractivity contribution in [3.8, 4) is 16.9 Å². The summed E-state index contributed by atoms with van der Waals surface area (Å²) in [7, 11) is 3.64. The first-order chi connectivity index (χ1) is 10.6. The molecule has 3 aromatic rings. The lowest BCUT2D eigenvalue weighted by Crippen LogP contribution is -1.95. The van der Waals surface area contributed by atoms with E-state index in [4.69, 9.17) is 10.5 Å². The zero-order chi connectivity index (χ0) is 16.3. The van der Waals surface area contributed by atoms with Crippen molar-refractivity contribution < 1.29 is 4.74 Å². The summed E-state index contributed by atoms with van der Waals surface area (Å²) in [5.41, 5.74) is 10.2. The Kier molecular flexibility index (Phi) is 4.65. The van der Waals surface area contributed by atoms with Crippen molar-refractivity contribution in [1.29, 1.82) is 0 Å². The van der Waals surface area contributed by atoms with Crippen LogP contribution in [-0.2, 0) is 7.05 Å². The molecule has 0 fully saturated rings. The second kappa shape index (κ2) is 6.47. The SMILES string of the molecule is CC.COc1ccc(-c2c(C)n(C)c3ncnc(N)c23)cc1. The van der Waals surface area contributed by atoms with Crippen molar-refractivity contribution in [2.24, 2.45) is 7.05 Å². The zero-order valence-corrected chi connectivity index (χ0v) is 13.7. The van der Waals surface area contributed by atoms with Crippen LogP contribution in [0.1, 0.15) is 19.5 Å². The summed E-state index contributed by atoms with van der Waals surface area (Å²) >= 11 is 0. The van der Waals surface area contributed by atoms with E-state index in [1.54, 1.807) is 7.11 Å². The third kappa shape index (κ3) is 2.50. The summed E-state index contributed by atoms with van der Waals surface area (Å²) in [6.45, 7) is 6.06. The van der Waals surface area contributed by atoms with Crippen LogP contribution in [-0.4, -0.2) is 21.6 Å². The molecule has 0 saturated carbocycles. The fraction of sp³-hybridized carbons (Fsp3) is 0.294. The molecule has 5 nitrogen and oxygen atoms in total. The Hall–Kier alpha value is -2.56. The molecule has 0 spiro atoms. The number of aromatic nitrogens is 3. The number of methoxy groups -OCH3 is 1. The second-order valence-corrected chi connectivity index (χ2v) is 4.71. The molecule has 0 saturated heterocycles. The van der Waals surface area contributed by atoms with Crippen LogP contribution < -0.4 is 10.5 Å². The number of ether oxygens (including phenoxy) is 1. The van der Waals surface area contributed by atoms with E-state index in [1.807, 2.05) is 49.7 Å². The first kappa shape index (κ1) is 15.8. The summed E-state index contributed by atoms with van der Waals surface area (Å²) in [5, 5.41) is 0.901. The molecule has 0 aliphatic heterocycles. The fourth-order valence-electron chi connectivity index (χ4n) is 2.50. The molecule has 0 unspecified atom stereocenters. The average Bonchev–Trinajstić information content (AvgIpc) is 2.83. The van der Waals surface area contributed by atoms with Gasteiger partial charge in [0, 0.05) is 18.3 Å². The number of benzene rings is 1. The van der Waals surface area contributed by atoms with Crippen molar-refractivity contribution >= 4 is 16.9 Å². The Morgan fingerprint density at radius 3 is 2.32 bits per heavy atom. The van der Waals surface area contributed by atoms with Gasteiger partial charge in [0.15, 0.2) is 0 Å². The summed E-state index contributed by atoms with van der Waals surface area (Å²) in [6, 6.07) is 7.92. The van der Waals surface area contributed by atoms with Gasteiger partial charge in [0.05, 0.1) is 12.5 Å². The summed E-state index contributed by atoms with van der Waals surface area (Å²) < 4.78 is 7.23. The van der Waals surface area contributed by atoms with Gasteiger partial charge in [-0.3, -0.25) is 0 Å². The van der Waals surface area contributed by atoms with Gasteiger partial charge < -0.3 is 15.0 Å². The highest BCUT2D eigenvalue weighted by atomic mass is 16.5. The van der Waals surface area contributed by atoms with Crippen molar-refractivity contribution in [3.63, 3.8) is 0 Å². The lowest BCUT2D eigenvalue weighted by molar-refractivity contribution is 0.415. The number of nitrogens with zero attached hydrogens (tertiary/aromatic N) is 3. The van der Waals surface area contributed by atoms with Crippen molar-refractivity contribution in [2.45, 2.75) is 20.8 Å². The Morgan fingerprint density at radius 2 is 1.73 bits per heavy atom. The Labute approximate surface area is 130 Å². The van der Waals surface area contributed by atoms with E-state index < -0.39 is 0 Å². The van der Waals surface area contributed by atoms with Gasteiger partial charge in [-0.2, -0.15) is 0 Å². The predicted molar refractivity (Wildman–Crippen MR) is 91.0 cm³/mol. The molecule has 1 aromatic carbocycles. The number of nitrogen functional groups attached to an aromatic ring is 1. The molecule has 22 heavy (non-hydrogen) atoms. The Bertz CT molecular complexity index is 775. The van der Waals surface area contributed by atoms with Crippen LogP contribution in [0.25, 0.3) is 22.2 Å². The molecular formula is C17H22N4O. The second-order valence-electron chi connectivity index (χ2n) is 4.71. The molecule has 0 aliphatic rings. The maximum atomic E-state index is 6.04. The lowest BCUT2D eigenvalue weighted by atomic mass is 10.0. The minimum absolute atomic E-state index is 0.504. The van der Waals surface area contributed by atoms with Crippen LogP contribution >= 0.6 is 0 Å². The van der Waals surface area contributed by atoms with Gasteiger partial charge in [-0.05, 0) is 24.6 Å². The standard InChI is InChI=1S/C15H16N4O.C2H6/c1-9-12(10-4-6-11(20-3)7-5-10)13-14(16)17-8-18-15(13)19(9)2;1-2/h4-8H,1-3H3,(H2,16,17,18);1-2H3. The molecule has 0 atom stereocenters. The van der Waals surface area contributed by atoms with E-state index >= 15 is 0 Å². The van der Waals surface area contributed by atoms with Crippen LogP contribution in [0.15, 0.2) is 30.6 Å². The van der Waals surface area contributed by atoms with Gasteiger partial charge in [-0.1, -0.05) is 26.0 Å². The topological polar surface area (TPSA) is 66.0 Å². The van der Waals surface area contributed by atoms with E-state index in [0.29, 0.717) is 5.82 Å². The average molecular weight is 298 g/mol. The molecule has 0 aliphatic carbocycles. The Morgan fingerprint density at radius 1 is 1.09 bits per heavy atom. The lowest BCUT2D eigenvalue weighted by Gasteiger charge is -2.05. The number of rotatable bonds is 2. The molecule has 0 bridgehead atoms. The van der Waals surface area contributed by atoms with Crippen molar-refractivity contribution in [2.75, 3.05) is 12.8 Å². The predicted octanol–water partition coefficient (Wildman–Crippen LogP) is 3.56. The quantitative estimate of drug-likeness (QED) is 0.785.